The van der Waals surface area contributed by atoms with E-state index in [-0.39, 0.29) is 24.8 Å². The Morgan fingerprint density at radius 3 is 2.71 bits per heavy atom. The summed E-state index contributed by atoms with van der Waals surface area (Å²) in [6.07, 6.45) is 5.81. The largest absolute Gasteiger partial charge is 0.317 e. The van der Waals surface area contributed by atoms with Gasteiger partial charge in [-0.15, -0.1) is 24.8 Å². The fraction of sp³-hybridized carbons (Fsp3) is 0.500. The summed E-state index contributed by atoms with van der Waals surface area (Å²) in [7, 11) is 0. The first kappa shape index (κ1) is 19.7. The van der Waals surface area contributed by atoms with Crippen molar-refractivity contribution in [3.63, 3.8) is 0 Å². The molecule has 24 heavy (non-hydrogen) atoms. The third-order valence-electron chi connectivity index (χ3n) is 5.39. The van der Waals surface area contributed by atoms with Crippen molar-refractivity contribution in [2.75, 3.05) is 26.2 Å². The third kappa shape index (κ3) is 3.81. The number of nitrogens with one attached hydrogen (secondary N) is 1. The number of hydrogen-bond donors (Lipinski definition) is 1. The van der Waals surface area contributed by atoms with Crippen molar-refractivity contribution in [2.45, 2.75) is 25.8 Å². The van der Waals surface area contributed by atoms with Gasteiger partial charge in [-0.1, -0.05) is 23.7 Å². The number of likely N-dealkylation sites (tertiary alicyclic amines) is 1. The standard InChI is InChI=1S/C18H22ClN3.2ClH/c19-16-4-3-14-2-1-8-21-17(14)15(16)12-22-11-7-18(13-22)5-9-20-10-6-18;;/h1-4,8,20H,5-7,9-13H2;2*1H. The van der Waals surface area contributed by atoms with Gasteiger partial charge >= 0.3 is 0 Å². The zero-order valence-electron chi connectivity index (χ0n) is 13.6. The summed E-state index contributed by atoms with van der Waals surface area (Å²) in [5.74, 6) is 0. The summed E-state index contributed by atoms with van der Waals surface area (Å²) in [6.45, 7) is 5.64. The number of fused-ring (bicyclic) bond motifs is 1. The average Bonchev–Trinajstić information content (AvgIpc) is 2.93. The van der Waals surface area contributed by atoms with Crippen LogP contribution in [0.1, 0.15) is 24.8 Å². The van der Waals surface area contributed by atoms with E-state index in [1.807, 2.05) is 18.3 Å². The van der Waals surface area contributed by atoms with E-state index in [4.69, 9.17) is 11.6 Å². The lowest BCUT2D eigenvalue weighted by Gasteiger charge is -2.34. The van der Waals surface area contributed by atoms with Gasteiger partial charge in [0.05, 0.1) is 5.52 Å². The molecule has 2 aliphatic rings. The molecule has 3 heterocycles. The minimum atomic E-state index is 0. The normalized spacial score (nSPS) is 19.9. The van der Waals surface area contributed by atoms with Crippen molar-refractivity contribution in [1.82, 2.24) is 15.2 Å². The Morgan fingerprint density at radius 1 is 1.12 bits per heavy atom. The molecule has 0 saturated carbocycles. The third-order valence-corrected chi connectivity index (χ3v) is 5.74. The minimum absolute atomic E-state index is 0. The Hall–Kier alpha value is -0.580. The first-order valence-electron chi connectivity index (χ1n) is 8.21. The van der Waals surface area contributed by atoms with Gasteiger partial charge in [-0.05, 0) is 56.4 Å². The molecule has 0 radical (unpaired) electrons. The summed E-state index contributed by atoms with van der Waals surface area (Å²) in [6, 6.07) is 8.17. The maximum Gasteiger partial charge on any atom is 0.0761 e. The molecule has 2 saturated heterocycles. The SMILES string of the molecule is Cl.Cl.Clc1ccc2cccnc2c1CN1CCC2(CCNCC2)C1. The maximum atomic E-state index is 6.48. The number of aromatic nitrogens is 1. The van der Waals surface area contributed by atoms with Crippen molar-refractivity contribution in [2.24, 2.45) is 5.41 Å². The molecule has 1 spiro atoms. The Bertz CT molecular complexity index is 686. The molecule has 1 aromatic carbocycles. The highest BCUT2D eigenvalue weighted by Crippen LogP contribution is 2.39. The Kier molecular flexibility index (Phi) is 6.74. The number of hydrogen-bond acceptors (Lipinski definition) is 3. The van der Waals surface area contributed by atoms with Crippen LogP contribution in [0.15, 0.2) is 30.5 Å². The highest BCUT2D eigenvalue weighted by molar-refractivity contribution is 6.32. The van der Waals surface area contributed by atoms with Gasteiger partial charge in [0.25, 0.3) is 0 Å². The molecule has 0 bridgehead atoms. The van der Waals surface area contributed by atoms with Gasteiger partial charge in [0.1, 0.15) is 0 Å². The lowest BCUT2D eigenvalue weighted by atomic mass is 9.78. The van der Waals surface area contributed by atoms with Crippen LogP contribution in [0, 0.1) is 5.41 Å². The molecule has 0 unspecified atom stereocenters. The molecular formula is C18H24Cl3N3. The average molecular weight is 389 g/mol. The van der Waals surface area contributed by atoms with Crippen LogP contribution in [0.3, 0.4) is 0 Å². The molecular weight excluding hydrogens is 365 g/mol. The maximum absolute atomic E-state index is 6.48. The quantitative estimate of drug-likeness (QED) is 0.831. The van der Waals surface area contributed by atoms with Crippen LogP contribution < -0.4 is 5.32 Å². The van der Waals surface area contributed by atoms with E-state index in [0.29, 0.717) is 5.41 Å². The topological polar surface area (TPSA) is 28.2 Å². The zero-order valence-corrected chi connectivity index (χ0v) is 16.0. The first-order valence-corrected chi connectivity index (χ1v) is 8.59. The van der Waals surface area contributed by atoms with Crippen molar-refractivity contribution in [3.05, 3.63) is 41.0 Å². The van der Waals surface area contributed by atoms with Crippen LogP contribution in [0.25, 0.3) is 10.9 Å². The van der Waals surface area contributed by atoms with Gasteiger partial charge in [0, 0.05) is 35.3 Å². The second-order valence-corrected chi connectivity index (χ2v) is 7.22. The summed E-state index contributed by atoms with van der Waals surface area (Å²) < 4.78 is 0. The minimum Gasteiger partial charge on any atom is -0.317 e. The predicted molar refractivity (Wildman–Crippen MR) is 106 cm³/mol. The second-order valence-electron chi connectivity index (χ2n) is 6.81. The van der Waals surface area contributed by atoms with Crippen LogP contribution in [0.5, 0.6) is 0 Å². The van der Waals surface area contributed by atoms with E-state index in [1.54, 1.807) is 0 Å². The van der Waals surface area contributed by atoms with Crippen molar-refractivity contribution < 1.29 is 0 Å². The monoisotopic (exact) mass is 387 g/mol. The Morgan fingerprint density at radius 2 is 1.92 bits per heavy atom. The molecule has 1 aromatic heterocycles. The van der Waals surface area contributed by atoms with Gasteiger partial charge in [0.15, 0.2) is 0 Å². The summed E-state index contributed by atoms with van der Waals surface area (Å²) in [4.78, 5) is 7.14. The number of benzene rings is 1. The van der Waals surface area contributed by atoms with E-state index < -0.39 is 0 Å². The van der Waals surface area contributed by atoms with Gasteiger partial charge in [-0.25, -0.2) is 0 Å². The van der Waals surface area contributed by atoms with E-state index >= 15 is 0 Å². The molecule has 0 atom stereocenters. The summed E-state index contributed by atoms with van der Waals surface area (Å²) in [5.41, 5.74) is 2.78. The van der Waals surface area contributed by atoms with Gasteiger partial charge < -0.3 is 5.32 Å². The van der Waals surface area contributed by atoms with Crippen LogP contribution in [-0.2, 0) is 6.54 Å². The van der Waals surface area contributed by atoms with E-state index in [9.17, 15) is 0 Å². The number of rotatable bonds is 2. The molecule has 0 amide bonds. The highest BCUT2D eigenvalue weighted by Gasteiger charge is 2.38. The molecule has 3 nitrogen and oxygen atoms in total. The number of halogens is 3. The molecule has 132 valence electrons. The molecule has 2 fully saturated rings. The summed E-state index contributed by atoms with van der Waals surface area (Å²) >= 11 is 6.48. The van der Waals surface area contributed by atoms with Crippen LogP contribution in [0.4, 0.5) is 0 Å². The second kappa shape index (κ2) is 8.20. The fourth-order valence-corrected chi connectivity index (χ4v) is 4.30. The number of piperidine rings is 1. The van der Waals surface area contributed by atoms with Gasteiger partial charge in [-0.2, -0.15) is 0 Å². The number of nitrogens with zero attached hydrogens (tertiary/aromatic N) is 2. The van der Waals surface area contributed by atoms with Crippen molar-refractivity contribution in [1.29, 1.82) is 0 Å². The fourth-order valence-electron chi connectivity index (χ4n) is 4.08. The first-order chi connectivity index (χ1) is 10.8. The molecule has 4 rings (SSSR count). The predicted octanol–water partition coefficient (Wildman–Crippen LogP) is 4.31. The lowest BCUT2D eigenvalue weighted by Crippen LogP contribution is -2.38. The van der Waals surface area contributed by atoms with Gasteiger partial charge in [-0.3, -0.25) is 9.88 Å². The Labute approximate surface area is 161 Å². The highest BCUT2D eigenvalue weighted by atomic mass is 35.5. The van der Waals surface area contributed by atoms with E-state index in [0.717, 1.165) is 17.1 Å². The smallest absolute Gasteiger partial charge is 0.0761 e. The van der Waals surface area contributed by atoms with Crippen molar-refractivity contribution in [3.8, 4) is 0 Å². The molecule has 6 heteroatoms. The Balaban J connectivity index is 0.00000104. The van der Waals surface area contributed by atoms with Crippen LogP contribution in [-0.4, -0.2) is 36.1 Å². The lowest BCUT2D eigenvalue weighted by molar-refractivity contribution is 0.194. The van der Waals surface area contributed by atoms with Crippen LogP contribution in [0.2, 0.25) is 5.02 Å². The zero-order chi connectivity index (χ0) is 15.0. The molecule has 2 aliphatic heterocycles. The van der Waals surface area contributed by atoms with Gasteiger partial charge in [0.2, 0.25) is 0 Å². The van der Waals surface area contributed by atoms with E-state index in [2.05, 4.69) is 27.3 Å². The molecule has 0 aliphatic carbocycles. The molecule has 1 N–H and O–H groups in total. The van der Waals surface area contributed by atoms with Crippen LogP contribution >= 0.6 is 36.4 Å². The summed E-state index contributed by atoms with van der Waals surface area (Å²) in [5, 5.41) is 5.51. The van der Waals surface area contributed by atoms with Crippen molar-refractivity contribution >= 4 is 47.3 Å². The van der Waals surface area contributed by atoms with E-state index in [1.165, 1.54) is 56.4 Å². The number of pyridine rings is 1. The molecule has 2 aromatic rings.